The minimum atomic E-state index is 0.686. The van der Waals surface area contributed by atoms with E-state index in [0.717, 1.165) is 12.3 Å². The first-order valence-electron chi connectivity index (χ1n) is 4.18. The van der Waals surface area contributed by atoms with Crippen LogP contribution in [0.3, 0.4) is 0 Å². The molecule has 0 aliphatic rings. The van der Waals surface area contributed by atoms with Crippen molar-refractivity contribution in [3.63, 3.8) is 0 Å². The van der Waals surface area contributed by atoms with Crippen molar-refractivity contribution in [2.24, 2.45) is 5.92 Å². The Morgan fingerprint density at radius 3 is 2.73 bits per heavy atom. The molecule has 11 heavy (non-hydrogen) atoms. The average molecular weight is 173 g/mol. The molecule has 0 aromatic carbocycles. The van der Waals surface area contributed by atoms with Gasteiger partial charge in [0.25, 0.3) is 0 Å². The maximum Gasteiger partial charge on any atom is 0.0251 e. The van der Waals surface area contributed by atoms with Crippen LogP contribution in [0, 0.1) is 5.92 Å². The van der Waals surface area contributed by atoms with Crippen LogP contribution in [-0.2, 0) is 0 Å². The van der Waals surface area contributed by atoms with Crippen molar-refractivity contribution in [3.8, 4) is 0 Å². The molecule has 0 radical (unpaired) electrons. The van der Waals surface area contributed by atoms with Gasteiger partial charge in [-0.1, -0.05) is 38.2 Å². The number of allylic oxidation sites excluding steroid dienone is 3. The van der Waals surface area contributed by atoms with Gasteiger partial charge in [-0.15, -0.1) is 11.6 Å². The van der Waals surface area contributed by atoms with Gasteiger partial charge >= 0.3 is 0 Å². The molecule has 0 nitrogen and oxygen atoms in total. The van der Waals surface area contributed by atoms with Crippen LogP contribution in [0.15, 0.2) is 24.8 Å². The molecule has 64 valence electrons. The summed E-state index contributed by atoms with van der Waals surface area (Å²) < 4.78 is 0. The topological polar surface area (TPSA) is 0 Å². The van der Waals surface area contributed by atoms with Crippen LogP contribution < -0.4 is 0 Å². The van der Waals surface area contributed by atoms with Gasteiger partial charge in [-0.05, 0) is 18.8 Å². The van der Waals surface area contributed by atoms with Crippen molar-refractivity contribution < 1.29 is 0 Å². The molecule has 0 saturated carbocycles. The normalized spacial score (nSPS) is 13.6. The van der Waals surface area contributed by atoms with Crippen LogP contribution in [-0.4, -0.2) is 5.88 Å². The van der Waals surface area contributed by atoms with E-state index in [4.69, 9.17) is 11.6 Å². The number of alkyl halides is 1. The number of hydrogen-bond donors (Lipinski definition) is 0. The lowest BCUT2D eigenvalue weighted by Crippen LogP contribution is -1.98. The first-order chi connectivity index (χ1) is 5.35. The highest BCUT2D eigenvalue weighted by molar-refractivity contribution is 6.18. The second-order valence-corrected chi connectivity index (χ2v) is 2.98. The van der Waals surface area contributed by atoms with Gasteiger partial charge in [0, 0.05) is 5.88 Å². The van der Waals surface area contributed by atoms with E-state index >= 15 is 0 Å². The van der Waals surface area contributed by atoms with E-state index in [1.165, 1.54) is 12.8 Å². The summed E-state index contributed by atoms with van der Waals surface area (Å²) in [7, 11) is 0. The van der Waals surface area contributed by atoms with Gasteiger partial charge in [0.15, 0.2) is 0 Å². The minimum absolute atomic E-state index is 0.686. The van der Waals surface area contributed by atoms with Gasteiger partial charge < -0.3 is 0 Å². The van der Waals surface area contributed by atoms with Crippen molar-refractivity contribution in [2.45, 2.75) is 26.2 Å². The van der Waals surface area contributed by atoms with E-state index in [0.29, 0.717) is 5.92 Å². The van der Waals surface area contributed by atoms with E-state index in [2.05, 4.69) is 19.6 Å². The predicted molar refractivity (Wildman–Crippen MR) is 53.1 cm³/mol. The van der Waals surface area contributed by atoms with Crippen molar-refractivity contribution in [2.75, 3.05) is 5.88 Å². The summed E-state index contributed by atoms with van der Waals surface area (Å²) in [4.78, 5) is 0. The average Bonchev–Trinajstić information content (AvgIpc) is 2.05. The van der Waals surface area contributed by atoms with Crippen molar-refractivity contribution >= 4 is 11.6 Å². The summed E-state index contributed by atoms with van der Waals surface area (Å²) in [5.74, 6) is 1.48. The third-order valence-corrected chi connectivity index (χ3v) is 2.25. The number of hydrogen-bond acceptors (Lipinski definition) is 0. The zero-order chi connectivity index (χ0) is 8.53. The Bertz CT molecular complexity index is 112. The third-order valence-electron chi connectivity index (χ3n) is 1.81. The maximum atomic E-state index is 5.74. The van der Waals surface area contributed by atoms with Crippen LogP contribution >= 0.6 is 11.6 Å². The molecule has 0 saturated heterocycles. The van der Waals surface area contributed by atoms with Crippen LogP contribution in [0.5, 0.6) is 0 Å². The highest BCUT2D eigenvalue weighted by Gasteiger charge is 2.01. The lowest BCUT2D eigenvalue weighted by molar-refractivity contribution is 0.528. The second-order valence-electron chi connectivity index (χ2n) is 2.67. The first-order valence-corrected chi connectivity index (χ1v) is 4.72. The fraction of sp³-hybridized carbons (Fsp3) is 0.600. The van der Waals surface area contributed by atoms with Crippen LogP contribution in [0.2, 0.25) is 0 Å². The van der Waals surface area contributed by atoms with E-state index in [9.17, 15) is 0 Å². The monoisotopic (exact) mass is 172 g/mol. The van der Waals surface area contributed by atoms with Crippen LogP contribution in [0.1, 0.15) is 26.2 Å². The largest absolute Gasteiger partial charge is 0.126 e. The molecule has 1 atom stereocenters. The Kier molecular flexibility index (Phi) is 7.71. The van der Waals surface area contributed by atoms with Crippen molar-refractivity contribution in [3.05, 3.63) is 24.8 Å². The third kappa shape index (κ3) is 6.18. The fourth-order valence-electron chi connectivity index (χ4n) is 0.915. The zero-order valence-corrected chi connectivity index (χ0v) is 7.98. The molecular formula is C10H17Cl. The lowest BCUT2D eigenvalue weighted by Gasteiger charge is -2.07. The Morgan fingerprint density at radius 1 is 1.55 bits per heavy atom. The lowest BCUT2D eigenvalue weighted by atomic mass is 10.0. The molecule has 0 aliphatic heterocycles. The van der Waals surface area contributed by atoms with Crippen molar-refractivity contribution in [1.29, 1.82) is 0 Å². The van der Waals surface area contributed by atoms with E-state index in [1.54, 1.807) is 0 Å². The standard InChI is InChI=1S/C10H17Cl/c1-3-5-6-7-8-10(4-2)9-11/h3,5-6,10H,1,4,7-9H2,2H3/b6-5+. The van der Waals surface area contributed by atoms with Gasteiger partial charge in [-0.2, -0.15) is 0 Å². The first kappa shape index (κ1) is 10.8. The fourth-order valence-corrected chi connectivity index (χ4v) is 1.29. The molecule has 1 heteroatoms. The Hall–Kier alpha value is -0.230. The Morgan fingerprint density at radius 2 is 2.27 bits per heavy atom. The van der Waals surface area contributed by atoms with Crippen molar-refractivity contribution in [1.82, 2.24) is 0 Å². The molecule has 0 bridgehead atoms. The molecule has 0 aromatic rings. The predicted octanol–water partition coefficient (Wildman–Crippen LogP) is 3.77. The molecule has 0 N–H and O–H groups in total. The Balaban J connectivity index is 3.34. The van der Waals surface area contributed by atoms with Gasteiger partial charge in [-0.25, -0.2) is 0 Å². The molecule has 0 rings (SSSR count). The molecule has 0 aliphatic carbocycles. The molecular weight excluding hydrogens is 156 g/mol. The molecule has 0 amide bonds. The highest BCUT2D eigenvalue weighted by Crippen LogP contribution is 2.12. The molecule has 1 unspecified atom stereocenters. The SMILES string of the molecule is C=C/C=C/CCC(CC)CCl. The zero-order valence-electron chi connectivity index (χ0n) is 7.22. The summed E-state index contributed by atoms with van der Waals surface area (Å²) in [5.41, 5.74) is 0. The van der Waals surface area contributed by atoms with E-state index in [1.807, 2.05) is 12.2 Å². The van der Waals surface area contributed by atoms with Gasteiger partial charge in [-0.3, -0.25) is 0 Å². The quantitative estimate of drug-likeness (QED) is 0.423. The molecule has 0 spiro atoms. The van der Waals surface area contributed by atoms with Gasteiger partial charge in [0.05, 0.1) is 0 Å². The summed E-state index contributed by atoms with van der Waals surface area (Å²) in [6, 6.07) is 0. The summed E-state index contributed by atoms with van der Waals surface area (Å²) in [6.07, 6.45) is 9.44. The van der Waals surface area contributed by atoms with Crippen LogP contribution in [0.4, 0.5) is 0 Å². The number of rotatable bonds is 6. The maximum absolute atomic E-state index is 5.74. The summed E-state index contributed by atoms with van der Waals surface area (Å²) in [5, 5.41) is 0. The minimum Gasteiger partial charge on any atom is -0.126 e. The van der Waals surface area contributed by atoms with Gasteiger partial charge in [0.2, 0.25) is 0 Å². The Labute approximate surface area is 74.9 Å². The van der Waals surface area contributed by atoms with E-state index < -0.39 is 0 Å². The highest BCUT2D eigenvalue weighted by atomic mass is 35.5. The molecule has 0 heterocycles. The summed E-state index contributed by atoms with van der Waals surface area (Å²) in [6.45, 7) is 5.79. The summed E-state index contributed by atoms with van der Waals surface area (Å²) >= 11 is 5.74. The van der Waals surface area contributed by atoms with Gasteiger partial charge in [0.1, 0.15) is 0 Å². The molecule has 0 fully saturated rings. The van der Waals surface area contributed by atoms with Crippen LogP contribution in [0.25, 0.3) is 0 Å². The second kappa shape index (κ2) is 7.87. The smallest absolute Gasteiger partial charge is 0.0251 e. The van der Waals surface area contributed by atoms with E-state index in [-0.39, 0.29) is 0 Å². The number of halogens is 1. The molecule has 0 aromatic heterocycles.